The van der Waals surface area contributed by atoms with Crippen LogP contribution in [-0.2, 0) is 0 Å². The van der Waals surface area contributed by atoms with Gasteiger partial charge in [0.1, 0.15) is 10.8 Å². The molecule has 0 aliphatic heterocycles. The zero-order chi connectivity index (χ0) is 19.7. The summed E-state index contributed by atoms with van der Waals surface area (Å²) in [5, 5.41) is 18.7. The number of halogens is 2. The summed E-state index contributed by atoms with van der Waals surface area (Å²) in [6.45, 7) is 1.51. The first-order chi connectivity index (χ1) is 12.8. The van der Waals surface area contributed by atoms with Crippen molar-refractivity contribution in [3.8, 4) is 0 Å². The molecule has 3 rings (SSSR count). The van der Waals surface area contributed by atoms with E-state index in [1.165, 1.54) is 23.6 Å². The maximum absolute atomic E-state index is 12.9. The Kier molecular flexibility index (Phi) is 5.41. The Balaban J connectivity index is 2.11. The maximum Gasteiger partial charge on any atom is 0.334 e. The molecule has 8 nitrogen and oxygen atoms in total. The number of anilines is 2. The van der Waals surface area contributed by atoms with Crippen LogP contribution in [0.15, 0.2) is 36.5 Å². The second kappa shape index (κ2) is 7.60. The third kappa shape index (κ3) is 3.78. The normalized spacial score (nSPS) is 10.7. The Morgan fingerprint density at radius 2 is 2.00 bits per heavy atom. The largest absolute Gasteiger partial charge is 0.334 e. The Hall–Kier alpha value is -2.54. The standard InChI is InChI=1S/C16H12Cl2N5O3P/c1-8-14(23(25)26)16(22(27)21-8)20-12-6-13(18)19-7-10(12)15(24)9-4-2-3-5-11(9)17/h2-7H,27H2,1H3,(H,19,20). The van der Waals surface area contributed by atoms with E-state index >= 15 is 0 Å². The summed E-state index contributed by atoms with van der Waals surface area (Å²) < 4.78 is 1.24. The number of carbonyl (C=O) groups excluding carboxylic acids is 1. The SMILES string of the molecule is Cc1nn(P)c(Nc2cc(Cl)ncc2C(=O)c2ccccc2Cl)c1[N+](=O)[O-]. The number of hydrogen-bond acceptors (Lipinski definition) is 6. The summed E-state index contributed by atoms with van der Waals surface area (Å²) >= 11 is 12.1. The molecule has 0 aliphatic carbocycles. The van der Waals surface area contributed by atoms with Gasteiger partial charge in [0, 0.05) is 11.8 Å². The molecule has 1 N–H and O–H groups in total. The highest BCUT2D eigenvalue weighted by Gasteiger charge is 2.26. The number of carbonyl (C=O) groups is 1. The van der Waals surface area contributed by atoms with E-state index in [0.29, 0.717) is 0 Å². The van der Waals surface area contributed by atoms with Crippen molar-refractivity contribution >= 4 is 55.6 Å². The van der Waals surface area contributed by atoms with Gasteiger partial charge in [0.15, 0.2) is 5.78 Å². The molecule has 0 amide bonds. The van der Waals surface area contributed by atoms with Crippen LogP contribution in [0.1, 0.15) is 21.6 Å². The lowest BCUT2D eigenvalue weighted by molar-refractivity contribution is -0.384. The van der Waals surface area contributed by atoms with Gasteiger partial charge in [-0.15, -0.1) is 0 Å². The minimum Gasteiger partial charge on any atom is -0.334 e. The van der Waals surface area contributed by atoms with Gasteiger partial charge in [-0.05, 0) is 34.5 Å². The second-order valence-corrected chi connectivity index (χ2v) is 6.75. The van der Waals surface area contributed by atoms with E-state index < -0.39 is 10.7 Å². The quantitative estimate of drug-likeness (QED) is 0.214. The average molecular weight is 424 g/mol. The topological polar surface area (TPSA) is 103 Å². The van der Waals surface area contributed by atoms with E-state index in [1.54, 1.807) is 24.3 Å². The monoisotopic (exact) mass is 423 g/mol. The van der Waals surface area contributed by atoms with Crippen LogP contribution in [-0.4, -0.2) is 25.2 Å². The summed E-state index contributed by atoms with van der Waals surface area (Å²) in [7, 11) is 2.25. The molecule has 0 spiro atoms. The number of hydrogen-bond donors (Lipinski definition) is 1. The van der Waals surface area contributed by atoms with Gasteiger partial charge in [-0.3, -0.25) is 14.9 Å². The van der Waals surface area contributed by atoms with E-state index in [0.717, 1.165) is 0 Å². The van der Waals surface area contributed by atoms with Gasteiger partial charge in [-0.25, -0.2) is 9.44 Å². The molecule has 0 radical (unpaired) electrons. The number of rotatable bonds is 5. The van der Waals surface area contributed by atoms with Crippen LogP contribution in [0.5, 0.6) is 0 Å². The molecule has 2 aromatic heterocycles. The third-order valence-corrected chi connectivity index (χ3v) is 4.63. The average Bonchev–Trinajstić information content (AvgIpc) is 2.88. The molecule has 11 heteroatoms. The lowest BCUT2D eigenvalue weighted by Gasteiger charge is -2.12. The van der Waals surface area contributed by atoms with Gasteiger partial charge in [0.25, 0.3) is 0 Å². The number of nitro groups is 1. The molecule has 1 atom stereocenters. The van der Waals surface area contributed by atoms with Crippen molar-refractivity contribution in [3.05, 3.63) is 73.6 Å². The molecular weight excluding hydrogens is 412 g/mol. The summed E-state index contributed by atoms with van der Waals surface area (Å²) in [5.74, 6) is -0.320. The number of aryl methyl sites for hydroxylation is 1. The number of nitrogens with one attached hydrogen (secondary N) is 1. The van der Waals surface area contributed by atoms with Crippen molar-refractivity contribution in [2.24, 2.45) is 0 Å². The van der Waals surface area contributed by atoms with Crippen LogP contribution in [0.3, 0.4) is 0 Å². The lowest BCUT2D eigenvalue weighted by atomic mass is 10.0. The van der Waals surface area contributed by atoms with Crippen molar-refractivity contribution < 1.29 is 9.72 Å². The second-order valence-electron chi connectivity index (χ2n) is 5.47. The van der Waals surface area contributed by atoms with E-state index in [1.807, 2.05) is 0 Å². The molecule has 27 heavy (non-hydrogen) atoms. The van der Waals surface area contributed by atoms with Crippen LogP contribution in [0, 0.1) is 17.0 Å². The molecule has 0 bridgehead atoms. The molecule has 1 aromatic carbocycles. The first-order valence-corrected chi connectivity index (χ1v) is 8.77. The highest BCUT2D eigenvalue weighted by atomic mass is 35.5. The highest BCUT2D eigenvalue weighted by molar-refractivity contribution is 7.14. The molecule has 3 aromatic rings. The Bertz CT molecular complexity index is 1070. The number of ketones is 1. The summed E-state index contributed by atoms with van der Waals surface area (Å²) in [4.78, 5) is 27.7. The molecular formula is C16H12Cl2N5O3P. The van der Waals surface area contributed by atoms with Crippen molar-refractivity contribution in [3.63, 3.8) is 0 Å². The first-order valence-electron chi connectivity index (χ1n) is 7.50. The van der Waals surface area contributed by atoms with E-state index in [9.17, 15) is 14.9 Å². The zero-order valence-corrected chi connectivity index (χ0v) is 16.5. The van der Waals surface area contributed by atoms with E-state index in [4.69, 9.17) is 23.2 Å². The van der Waals surface area contributed by atoms with Crippen LogP contribution >= 0.6 is 32.6 Å². The predicted octanol–water partition coefficient (Wildman–Crippen LogP) is 4.41. The Morgan fingerprint density at radius 1 is 1.30 bits per heavy atom. The number of benzene rings is 1. The minimum absolute atomic E-state index is 0.0815. The first kappa shape index (κ1) is 19.2. The fourth-order valence-corrected chi connectivity index (χ4v) is 3.25. The lowest BCUT2D eigenvalue weighted by Crippen LogP contribution is -2.08. The summed E-state index contributed by atoms with van der Waals surface area (Å²) in [5.41, 5.74) is 0.680. The molecule has 0 fully saturated rings. The Morgan fingerprint density at radius 3 is 2.67 bits per heavy atom. The van der Waals surface area contributed by atoms with Gasteiger partial charge in [-0.2, -0.15) is 5.10 Å². The molecule has 0 aliphatic rings. The molecule has 0 saturated heterocycles. The molecule has 0 saturated carbocycles. The number of pyridine rings is 1. The fraction of sp³-hybridized carbons (Fsp3) is 0.0625. The molecule has 138 valence electrons. The van der Waals surface area contributed by atoms with E-state index in [-0.39, 0.29) is 44.2 Å². The smallest absolute Gasteiger partial charge is 0.334 e. The van der Waals surface area contributed by atoms with Crippen molar-refractivity contribution in [2.45, 2.75) is 6.92 Å². The highest BCUT2D eigenvalue weighted by Crippen LogP contribution is 2.34. The van der Waals surface area contributed by atoms with Crippen molar-refractivity contribution in [1.29, 1.82) is 0 Å². The molecule has 2 heterocycles. The third-order valence-electron chi connectivity index (χ3n) is 3.72. The van der Waals surface area contributed by atoms with Crippen molar-refractivity contribution in [2.75, 3.05) is 5.32 Å². The molecule has 1 unspecified atom stereocenters. The Labute approximate surface area is 165 Å². The minimum atomic E-state index is -0.552. The summed E-state index contributed by atoms with van der Waals surface area (Å²) in [6.07, 6.45) is 1.29. The summed E-state index contributed by atoms with van der Waals surface area (Å²) in [6, 6.07) is 7.97. The van der Waals surface area contributed by atoms with Crippen LogP contribution in [0.4, 0.5) is 17.2 Å². The van der Waals surface area contributed by atoms with Gasteiger partial charge < -0.3 is 5.32 Å². The fourth-order valence-electron chi connectivity index (χ4n) is 2.51. The predicted molar refractivity (Wildman–Crippen MR) is 106 cm³/mol. The number of aromatic nitrogens is 3. The van der Waals surface area contributed by atoms with Crippen LogP contribution < -0.4 is 5.32 Å². The van der Waals surface area contributed by atoms with Crippen LogP contribution in [0.2, 0.25) is 10.2 Å². The van der Waals surface area contributed by atoms with Gasteiger partial charge in [0.05, 0.1) is 21.2 Å². The van der Waals surface area contributed by atoms with Gasteiger partial charge in [-0.1, -0.05) is 35.3 Å². The van der Waals surface area contributed by atoms with E-state index in [2.05, 4.69) is 24.8 Å². The van der Waals surface area contributed by atoms with Gasteiger partial charge >= 0.3 is 5.69 Å². The van der Waals surface area contributed by atoms with Gasteiger partial charge in [0.2, 0.25) is 5.82 Å². The van der Waals surface area contributed by atoms with Crippen molar-refractivity contribution in [1.82, 2.24) is 14.5 Å². The maximum atomic E-state index is 12.9. The zero-order valence-electron chi connectivity index (χ0n) is 13.8. The number of nitrogens with zero attached hydrogens (tertiary/aromatic N) is 4. The van der Waals surface area contributed by atoms with Crippen LogP contribution in [0.25, 0.3) is 0 Å².